The largest absolute Gasteiger partial charge is 0.352 e. The lowest BCUT2D eigenvalue weighted by Gasteiger charge is -2.01. The van der Waals surface area contributed by atoms with Gasteiger partial charge in [-0.3, -0.25) is 4.79 Å². The highest BCUT2D eigenvalue weighted by atomic mass is 32.2. The van der Waals surface area contributed by atoms with Crippen LogP contribution in [0.5, 0.6) is 0 Å². The van der Waals surface area contributed by atoms with E-state index in [2.05, 4.69) is 11.9 Å². The predicted molar refractivity (Wildman–Crippen MR) is 50.5 cm³/mol. The van der Waals surface area contributed by atoms with Crippen molar-refractivity contribution in [2.75, 3.05) is 12.8 Å². The summed E-state index contributed by atoms with van der Waals surface area (Å²) in [6.45, 7) is 5.69. The van der Waals surface area contributed by atoms with Gasteiger partial charge in [-0.05, 0) is 17.2 Å². The molecule has 62 valence electrons. The molecule has 0 rings (SSSR count). The third-order valence-electron chi connectivity index (χ3n) is 1.07. The smallest absolute Gasteiger partial charge is 0.217 e. The molecule has 1 amide bonds. The second kappa shape index (κ2) is 6.04. The quantitative estimate of drug-likeness (QED) is 0.650. The average molecular weight is 171 g/mol. The fourth-order valence-electron chi connectivity index (χ4n) is 0.540. The highest BCUT2D eigenvalue weighted by Crippen LogP contribution is 2.02. The van der Waals surface area contributed by atoms with Crippen LogP contribution in [0.4, 0.5) is 0 Å². The molecule has 3 heteroatoms. The van der Waals surface area contributed by atoms with E-state index in [9.17, 15) is 4.79 Å². The molecule has 0 aromatic carbocycles. The maximum atomic E-state index is 10.5. The first-order valence-electron chi connectivity index (χ1n) is 3.29. The molecule has 0 aromatic heterocycles. The maximum Gasteiger partial charge on any atom is 0.217 e. The fraction of sp³-hybridized carbons (Fsp3) is 0.375. The Morgan fingerprint density at radius 1 is 1.73 bits per heavy atom. The van der Waals surface area contributed by atoms with E-state index in [1.165, 1.54) is 6.92 Å². The first kappa shape index (κ1) is 10.3. The summed E-state index contributed by atoms with van der Waals surface area (Å²) in [6.07, 6.45) is 3.71. The Morgan fingerprint density at radius 3 is 2.73 bits per heavy atom. The summed E-state index contributed by atoms with van der Waals surface area (Å²) in [6, 6.07) is 0. The Labute approximate surface area is 71.7 Å². The van der Waals surface area contributed by atoms with Crippen molar-refractivity contribution in [2.24, 2.45) is 0 Å². The SMILES string of the molecule is C=C/C(=C\SC)CNC(C)=O. The molecule has 0 saturated heterocycles. The van der Waals surface area contributed by atoms with Crippen molar-refractivity contribution >= 4 is 17.7 Å². The van der Waals surface area contributed by atoms with Crippen molar-refractivity contribution in [1.29, 1.82) is 0 Å². The standard InChI is InChI=1S/C8H13NOS/c1-4-8(6-11-3)5-9-7(2)10/h4,6H,1,5H2,2-3H3,(H,9,10)/b8-6+. The lowest BCUT2D eigenvalue weighted by molar-refractivity contribution is -0.118. The summed E-state index contributed by atoms with van der Waals surface area (Å²) in [5.41, 5.74) is 1.03. The first-order chi connectivity index (χ1) is 5.20. The number of thioether (sulfide) groups is 1. The maximum absolute atomic E-state index is 10.5. The zero-order valence-corrected chi connectivity index (χ0v) is 7.70. The van der Waals surface area contributed by atoms with E-state index in [1.807, 2.05) is 11.7 Å². The van der Waals surface area contributed by atoms with Gasteiger partial charge in [0.15, 0.2) is 0 Å². The van der Waals surface area contributed by atoms with E-state index >= 15 is 0 Å². The van der Waals surface area contributed by atoms with Crippen LogP contribution >= 0.6 is 11.8 Å². The lowest BCUT2D eigenvalue weighted by atomic mass is 10.3. The zero-order valence-electron chi connectivity index (χ0n) is 6.89. The number of carbonyl (C=O) groups excluding carboxylic acids is 1. The van der Waals surface area contributed by atoms with Crippen LogP contribution in [0.2, 0.25) is 0 Å². The van der Waals surface area contributed by atoms with Crippen LogP contribution < -0.4 is 5.32 Å². The molecule has 11 heavy (non-hydrogen) atoms. The fourth-order valence-corrected chi connectivity index (χ4v) is 1.02. The third-order valence-corrected chi connectivity index (χ3v) is 1.61. The van der Waals surface area contributed by atoms with Gasteiger partial charge < -0.3 is 5.32 Å². The molecule has 1 N–H and O–H groups in total. The summed E-state index contributed by atoms with van der Waals surface area (Å²) < 4.78 is 0. The Morgan fingerprint density at radius 2 is 2.36 bits per heavy atom. The molecule has 0 bridgehead atoms. The minimum atomic E-state index is -0.0150. The van der Waals surface area contributed by atoms with Crippen LogP contribution in [0.1, 0.15) is 6.92 Å². The van der Waals surface area contributed by atoms with Gasteiger partial charge in [-0.2, -0.15) is 0 Å². The van der Waals surface area contributed by atoms with Crippen molar-refractivity contribution in [3.05, 3.63) is 23.6 Å². The van der Waals surface area contributed by atoms with Gasteiger partial charge in [0, 0.05) is 13.5 Å². The molecule has 0 heterocycles. The second-order valence-corrected chi connectivity index (χ2v) is 2.75. The van der Waals surface area contributed by atoms with Gasteiger partial charge in [0.25, 0.3) is 0 Å². The van der Waals surface area contributed by atoms with Crippen molar-refractivity contribution in [1.82, 2.24) is 5.32 Å². The Kier molecular flexibility index (Phi) is 5.65. The molecule has 0 saturated carbocycles. The molecule has 2 nitrogen and oxygen atoms in total. The van der Waals surface area contributed by atoms with Crippen LogP contribution in [-0.2, 0) is 4.79 Å². The summed E-state index contributed by atoms with van der Waals surface area (Å²) in [5, 5.41) is 4.65. The van der Waals surface area contributed by atoms with Crippen LogP contribution in [0, 0.1) is 0 Å². The van der Waals surface area contributed by atoms with E-state index < -0.39 is 0 Å². The molecular weight excluding hydrogens is 158 g/mol. The Bertz CT molecular complexity index is 175. The number of nitrogens with one attached hydrogen (secondary N) is 1. The van der Waals surface area contributed by atoms with Crippen molar-refractivity contribution in [3.63, 3.8) is 0 Å². The number of carbonyl (C=O) groups is 1. The molecule has 0 radical (unpaired) electrons. The molecule has 0 aliphatic carbocycles. The third kappa shape index (κ3) is 5.73. The molecule has 0 fully saturated rings. The van der Waals surface area contributed by atoms with E-state index in [4.69, 9.17) is 0 Å². The molecule has 0 unspecified atom stereocenters. The van der Waals surface area contributed by atoms with E-state index in [1.54, 1.807) is 17.8 Å². The van der Waals surface area contributed by atoms with Gasteiger partial charge in [-0.1, -0.05) is 12.7 Å². The highest BCUT2D eigenvalue weighted by Gasteiger charge is 1.92. The molecule has 0 spiro atoms. The normalized spacial score (nSPS) is 10.9. The van der Waals surface area contributed by atoms with Crippen molar-refractivity contribution in [2.45, 2.75) is 6.92 Å². The van der Waals surface area contributed by atoms with E-state index in [-0.39, 0.29) is 5.91 Å². The molecule has 0 aromatic rings. The molecule has 0 aliphatic heterocycles. The average Bonchev–Trinajstić information content (AvgIpc) is 1.97. The summed E-state index contributed by atoms with van der Waals surface area (Å²) in [5.74, 6) is -0.0150. The molecular formula is C8H13NOS. The number of rotatable bonds is 4. The number of amides is 1. The van der Waals surface area contributed by atoms with Crippen LogP contribution in [-0.4, -0.2) is 18.7 Å². The van der Waals surface area contributed by atoms with E-state index in [0.717, 1.165) is 5.57 Å². The number of hydrogen-bond donors (Lipinski definition) is 1. The van der Waals surface area contributed by atoms with Gasteiger partial charge in [-0.25, -0.2) is 0 Å². The zero-order chi connectivity index (χ0) is 8.69. The monoisotopic (exact) mass is 171 g/mol. The highest BCUT2D eigenvalue weighted by molar-refractivity contribution is 8.01. The minimum absolute atomic E-state index is 0.0150. The van der Waals surface area contributed by atoms with Crippen molar-refractivity contribution in [3.8, 4) is 0 Å². The number of hydrogen-bond acceptors (Lipinski definition) is 2. The molecule has 0 aliphatic rings. The summed E-state index contributed by atoms with van der Waals surface area (Å²) in [4.78, 5) is 10.5. The van der Waals surface area contributed by atoms with Gasteiger partial charge >= 0.3 is 0 Å². The second-order valence-electron chi connectivity index (χ2n) is 2.04. The van der Waals surface area contributed by atoms with Gasteiger partial charge in [0.05, 0.1) is 0 Å². The van der Waals surface area contributed by atoms with Crippen LogP contribution in [0.3, 0.4) is 0 Å². The van der Waals surface area contributed by atoms with Crippen LogP contribution in [0.25, 0.3) is 0 Å². The summed E-state index contributed by atoms with van der Waals surface area (Å²) in [7, 11) is 0. The first-order valence-corrected chi connectivity index (χ1v) is 4.58. The van der Waals surface area contributed by atoms with E-state index in [0.29, 0.717) is 6.54 Å². The van der Waals surface area contributed by atoms with Crippen LogP contribution in [0.15, 0.2) is 23.6 Å². The van der Waals surface area contributed by atoms with Gasteiger partial charge in [0.1, 0.15) is 0 Å². The topological polar surface area (TPSA) is 29.1 Å². The Balaban J connectivity index is 3.79. The van der Waals surface area contributed by atoms with Gasteiger partial charge in [0.2, 0.25) is 5.91 Å². The minimum Gasteiger partial charge on any atom is -0.352 e. The summed E-state index contributed by atoms with van der Waals surface area (Å²) >= 11 is 1.60. The lowest BCUT2D eigenvalue weighted by Crippen LogP contribution is -2.21. The Hall–Kier alpha value is -0.700. The van der Waals surface area contributed by atoms with Crippen molar-refractivity contribution < 1.29 is 4.79 Å². The molecule has 0 atom stereocenters. The predicted octanol–water partition coefficient (Wildman–Crippen LogP) is 1.56. The van der Waals surface area contributed by atoms with Gasteiger partial charge in [-0.15, -0.1) is 11.8 Å².